The zero-order valence-electron chi connectivity index (χ0n) is 18.3. The summed E-state index contributed by atoms with van der Waals surface area (Å²) in [5.74, 6) is -4.00. The molecule has 2 saturated heterocycles. The molecule has 3 heterocycles. The van der Waals surface area contributed by atoms with Crippen LogP contribution in [0.25, 0.3) is 0 Å². The van der Waals surface area contributed by atoms with Crippen LogP contribution in [0.2, 0.25) is 0 Å². The number of fused-ring (bicyclic) bond motifs is 3. The lowest BCUT2D eigenvalue weighted by atomic mass is 9.86. The van der Waals surface area contributed by atoms with Crippen molar-refractivity contribution in [2.24, 2.45) is 11.8 Å². The highest BCUT2D eigenvalue weighted by Gasteiger charge is 2.63. The highest BCUT2D eigenvalue weighted by Crippen LogP contribution is 2.47. The molecule has 0 bridgehead atoms. The van der Waals surface area contributed by atoms with E-state index in [2.05, 4.69) is 0 Å². The Balaban J connectivity index is 1.58. The fraction of sp³-hybridized carbons (Fsp3) is 0.167. The Kier molecular flexibility index (Phi) is 5.17. The van der Waals surface area contributed by atoms with Crippen LogP contribution in [0.5, 0.6) is 0 Å². The number of nitro benzene ring substituents is 2. The van der Waals surface area contributed by atoms with Crippen LogP contribution in [0.1, 0.15) is 10.4 Å². The first-order valence-electron chi connectivity index (χ1n) is 10.7. The lowest BCUT2D eigenvalue weighted by molar-refractivity contribution is -0.385. The quantitative estimate of drug-likeness (QED) is 0.267. The van der Waals surface area contributed by atoms with Crippen LogP contribution in [0.3, 0.4) is 0 Å². The van der Waals surface area contributed by atoms with Gasteiger partial charge in [0.2, 0.25) is 11.8 Å². The van der Waals surface area contributed by atoms with Crippen molar-refractivity contribution in [3.63, 3.8) is 0 Å². The van der Waals surface area contributed by atoms with E-state index in [-0.39, 0.29) is 28.2 Å². The molecule has 2 aromatic carbocycles. The Hall–Kier alpha value is -5.18. The number of carbonyl (C=O) groups is 3. The molecule has 2 fully saturated rings. The van der Waals surface area contributed by atoms with Crippen molar-refractivity contribution < 1.29 is 24.2 Å². The Bertz CT molecular complexity index is 1460. The second kappa shape index (κ2) is 8.24. The van der Waals surface area contributed by atoms with Crippen LogP contribution < -0.4 is 4.90 Å². The maximum Gasteiger partial charge on any atom is 0.270 e. The number of hydrogen-bond donors (Lipinski definition) is 0. The van der Waals surface area contributed by atoms with E-state index in [1.807, 2.05) is 6.07 Å². The highest BCUT2D eigenvalue weighted by atomic mass is 16.6. The van der Waals surface area contributed by atoms with Crippen LogP contribution in [-0.4, -0.2) is 44.4 Å². The van der Waals surface area contributed by atoms with Crippen LogP contribution >= 0.6 is 0 Å². The van der Waals surface area contributed by atoms with Gasteiger partial charge < -0.3 is 4.90 Å². The highest BCUT2D eigenvalue weighted by molar-refractivity contribution is 6.24. The molecule has 178 valence electrons. The van der Waals surface area contributed by atoms with Gasteiger partial charge in [0.05, 0.1) is 45.1 Å². The fourth-order valence-corrected chi connectivity index (χ4v) is 5.04. The number of amides is 2. The Labute approximate surface area is 202 Å². The lowest BCUT2D eigenvalue weighted by Gasteiger charge is -2.32. The van der Waals surface area contributed by atoms with Crippen molar-refractivity contribution >= 4 is 34.7 Å². The van der Waals surface area contributed by atoms with Gasteiger partial charge in [-0.1, -0.05) is 12.1 Å². The molecule has 0 aliphatic carbocycles. The fourth-order valence-electron chi connectivity index (χ4n) is 5.04. The zero-order chi connectivity index (χ0) is 25.7. The number of ketones is 1. The van der Waals surface area contributed by atoms with Crippen LogP contribution in [0, 0.1) is 43.4 Å². The van der Waals surface area contributed by atoms with E-state index in [0.717, 1.165) is 11.0 Å². The van der Waals surface area contributed by atoms with Gasteiger partial charge >= 0.3 is 0 Å². The summed E-state index contributed by atoms with van der Waals surface area (Å²) in [5.41, 5.74) is -0.136. The van der Waals surface area contributed by atoms with Gasteiger partial charge in [0.25, 0.3) is 11.4 Å². The largest absolute Gasteiger partial charge is 0.359 e. The number of allylic oxidation sites excluding steroid dienone is 2. The van der Waals surface area contributed by atoms with E-state index < -0.39 is 51.4 Å². The number of carbonyl (C=O) groups excluding carboxylic acids is 3. The molecular weight excluding hydrogens is 470 g/mol. The first-order valence-corrected chi connectivity index (χ1v) is 10.7. The number of nitriles is 1. The number of anilines is 1. The number of rotatable bonds is 5. The number of nitro groups is 2. The van der Waals surface area contributed by atoms with Crippen LogP contribution in [0.4, 0.5) is 17.1 Å². The molecule has 3 aliphatic heterocycles. The minimum Gasteiger partial charge on any atom is -0.359 e. The van der Waals surface area contributed by atoms with E-state index in [4.69, 9.17) is 0 Å². The topological polar surface area (TPSA) is 168 Å². The molecule has 0 spiro atoms. The van der Waals surface area contributed by atoms with E-state index in [0.29, 0.717) is 0 Å². The first kappa shape index (κ1) is 22.6. The first-order chi connectivity index (χ1) is 17.2. The van der Waals surface area contributed by atoms with Gasteiger partial charge in [-0.15, -0.1) is 0 Å². The smallest absolute Gasteiger partial charge is 0.270 e. The second-order valence-electron chi connectivity index (χ2n) is 8.44. The molecule has 3 aliphatic rings. The van der Waals surface area contributed by atoms with E-state index in [1.165, 1.54) is 60.8 Å². The van der Waals surface area contributed by atoms with Crippen molar-refractivity contribution in [2.75, 3.05) is 4.90 Å². The number of imide groups is 1. The lowest BCUT2D eigenvalue weighted by Crippen LogP contribution is -2.46. The van der Waals surface area contributed by atoms with Crippen molar-refractivity contribution in [1.82, 2.24) is 4.90 Å². The molecule has 12 nitrogen and oxygen atoms in total. The minimum atomic E-state index is -1.16. The molecule has 12 heteroatoms. The average Bonchev–Trinajstić information content (AvgIpc) is 3.35. The van der Waals surface area contributed by atoms with Crippen molar-refractivity contribution in [1.29, 1.82) is 5.26 Å². The maximum absolute atomic E-state index is 13.6. The van der Waals surface area contributed by atoms with E-state index >= 15 is 0 Å². The van der Waals surface area contributed by atoms with E-state index in [1.54, 1.807) is 4.90 Å². The average molecular weight is 485 g/mol. The van der Waals surface area contributed by atoms with Crippen molar-refractivity contribution in [3.05, 3.63) is 98.2 Å². The summed E-state index contributed by atoms with van der Waals surface area (Å²) in [6, 6.07) is 10.1. The van der Waals surface area contributed by atoms with Gasteiger partial charge in [0.1, 0.15) is 6.04 Å². The summed E-state index contributed by atoms with van der Waals surface area (Å²) >= 11 is 0. The van der Waals surface area contributed by atoms with Crippen molar-refractivity contribution in [2.45, 2.75) is 12.1 Å². The molecule has 0 N–H and O–H groups in total. The normalized spacial score (nSPS) is 24.1. The third-order valence-corrected chi connectivity index (χ3v) is 6.61. The van der Waals surface area contributed by atoms with Gasteiger partial charge in [-0.25, -0.2) is 4.90 Å². The van der Waals surface area contributed by atoms with Gasteiger partial charge in [-0.2, -0.15) is 5.26 Å². The predicted octanol–water partition coefficient (Wildman–Crippen LogP) is 2.52. The Morgan fingerprint density at radius 2 is 1.61 bits per heavy atom. The Morgan fingerprint density at radius 1 is 0.944 bits per heavy atom. The number of Topliss-reactive ketones (excluding diaryl/α,β-unsaturated/α-hetero) is 1. The zero-order valence-corrected chi connectivity index (χ0v) is 18.3. The summed E-state index contributed by atoms with van der Waals surface area (Å²) < 4.78 is 0. The molecule has 4 atom stereocenters. The van der Waals surface area contributed by atoms with E-state index in [9.17, 15) is 39.9 Å². The van der Waals surface area contributed by atoms with Crippen LogP contribution in [0.15, 0.2) is 72.5 Å². The van der Waals surface area contributed by atoms with Crippen LogP contribution in [-0.2, 0) is 9.59 Å². The molecule has 0 aromatic heterocycles. The predicted molar refractivity (Wildman–Crippen MR) is 122 cm³/mol. The second-order valence-corrected chi connectivity index (χ2v) is 8.44. The molecule has 0 saturated carbocycles. The van der Waals surface area contributed by atoms with Gasteiger partial charge in [-0.05, 0) is 24.3 Å². The monoisotopic (exact) mass is 485 g/mol. The van der Waals surface area contributed by atoms with Crippen molar-refractivity contribution in [3.8, 4) is 6.07 Å². The number of non-ortho nitro benzene ring substituents is 2. The summed E-state index contributed by atoms with van der Waals surface area (Å²) in [6.07, 6.45) is 4.47. The SMILES string of the molecule is N#CC1=C[C@@H]2[C@@H]3C(=O)N(c4ccc([N+](=O)[O-])cc4)C(=O)[C@H]3[C@H](C(=O)c3cccc([N+](=O)[O-])c3)N2C=C1. The standard InChI is InChI=1S/C24H15N5O7/c25-12-13-8-9-26-18(10-13)19-20(21(26)22(30)14-2-1-3-17(11-14)29(35)36)24(32)27(23(19)31)15-4-6-16(7-5-15)28(33)34/h1-11,18-21H/t18-,19+,20-,21-/m1/s1. The minimum absolute atomic E-state index is 0.00564. The third-order valence-electron chi connectivity index (χ3n) is 6.61. The summed E-state index contributed by atoms with van der Waals surface area (Å²) in [6.45, 7) is 0. The number of nitrogens with zero attached hydrogens (tertiary/aromatic N) is 5. The third kappa shape index (κ3) is 3.33. The van der Waals surface area contributed by atoms with Gasteiger partial charge in [-0.3, -0.25) is 34.6 Å². The summed E-state index contributed by atoms with van der Waals surface area (Å²) in [7, 11) is 0. The summed E-state index contributed by atoms with van der Waals surface area (Å²) in [5, 5.41) is 31.6. The molecule has 0 radical (unpaired) electrons. The molecule has 0 unspecified atom stereocenters. The molecule has 5 rings (SSSR count). The molecule has 2 amide bonds. The molecular formula is C24H15N5O7. The maximum atomic E-state index is 13.6. The number of benzene rings is 2. The molecule has 36 heavy (non-hydrogen) atoms. The van der Waals surface area contributed by atoms with Gasteiger partial charge in [0, 0.05) is 36.0 Å². The number of hydrogen-bond acceptors (Lipinski definition) is 9. The molecule has 2 aromatic rings. The Morgan fingerprint density at radius 3 is 2.25 bits per heavy atom. The summed E-state index contributed by atoms with van der Waals surface area (Å²) in [4.78, 5) is 64.2. The van der Waals surface area contributed by atoms with Gasteiger partial charge in [0.15, 0.2) is 5.78 Å².